The molecule has 0 saturated carbocycles. The largest absolute Gasteiger partial charge is 0.251 e. The number of hydrogen-bond donors (Lipinski definition) is 0. The van der Waals surface area contributed by atoms with Crippen molar-refractivity contribution in [1.82, 2.24) is 0 Å². The molecule has 0 aliphatic rings. The van der Waals surface area contributed by atoms with E-state index in [1.807, 2.05) is 0 Å². The minimum atomic E-state index is 0.891. The van der Waals surface area contributed by atoms with Crippen molar-refractivity contribution in [3.63, 3.8) is 0 Å². The molecule has 0 aromatic heterocycles. The Balaban J connectivity index is 2.15. The number of nitrogens with zero attached hydrogens (tertiary/aromatic N) is 2. The topological polar surface area (TPSA) is 24.7 Å². The predicted octanol–water partition coefficient (Wildman–Crippen LogP) is 13.1. The molecule has 2 heteroatoms. The third-order valence-electron chi connectivity index (χ3n) is 7.85. The molecular weight excluding hydrogens is 508 g/mol. The van der Waals surface area contributed by atoms with Crippen LogP contribution in [0.3, 0.4) is 0 Å². The number of hydrogen-bond acceptors (Lipinski definition) is 2. The van der Waals surface area contributed by atoms with Crippen LogP contribution in [-0.4, -0.2) is 11.4 Å². The van der Waals surface area contributed by atoms with Crippen molar-refractivity contribution in [2.24, 2.45) is 9.98 Å². The average molecular weight is 569 g/mol. The lowest BCUT2D eigenvalue weighted by Gasteiger charge is -2.13. The van der Waals surface area contributed by atoms with Gasteiger partial charge >= 0.3 is 0 Å². The van der Waals surface area contributed by atoms with Crippen LogP contribution in [0.5, 0.6) is 0 Å². The fourth-order valence-electron chi connectivity index (χ4n) is 5.23. The maximum Gasteiger partial charge on any atom is 0.0665 e. The lowest BCUT2D eigenvalue weighted by Crippen LogP contribution is -2.13. The van der Waals surface area contributed by atoms with E-state index in [4.69, 9.17) is 9.98 Å². The molecule has 0 radical (unpaired) electrons. The molecule has 2 aromatic carbocycles. The summed E-state index contributed by atoms with van der Waals surface area (Å²) in [6.07, 6.45) is 30.7. The molecule has 2 aromatic rings. The van der Waals surface area contributed by atoms with Gasteiger partial charge in [-0.15, -0.1) is 0 Å². The van der Waals surface area contributed by atoms with E-state index in [1.165, 1.54) is 62.5 Å². The van der Waals surface area contributed by atoms with Gasteiger partial charge < -0.3 is 0 Å². The van der Waals surface area contributed by atoms with Gasteiger partial charge in [0.1, 0.15) is 0 Å². The fourth-order valence-corrected chi connectivity index (χ4v) is 5.23. The zero-order valence-corrected chi connectivity index (χ0v) is 27.6. The molecule has 2 nitrogen and oxygen atoms in total. The molecule has 0 aliphatic heterocycles. The lowest BCUT2D eigenvalue weighted by molar-refractivity contribution is 0.726. The van der Waals surface area contributed by atoms with Crippen LogP contribution >= 0.6 is 0 Å². The summed E-state index contributed by atoms with van der Waals surface area (Å²) < 4.78 is 0. The highest BCUT2D eigenvalue weighted by molar-refractivity contribution is 6.43. The van der Waals surface area contributed by atoms with Gasteiger partial charge in [-0.2, -0.15) is 0 Å². The van der Waals surface area contributed by atoms with Crippen molar-refractivity contribution in [2.45, 2.75) is 143 Å². The van der Waals surface area contributed by atoms with Gasteiger partial charge in [0.2, 0.25) is 0 Å². The number of rotatable bonds is 23. The highest BCUT2D eigenvalue weighted by atomic mass is 14.8. The molecule has 0 heterocycles. The second-order valence-electron chi connectivity index (χ2n) is 11.6. The molecule has 0 atom stereocenters. The second-order valence-corrected chi connectivity index (χ2v) is 11.6. The Bertz CT molecular complexity index is 1090. The molecule has 0 N–H and O–H groups in total. The fraction of sp³-hybridized carbons (Fsp3) is 0.550. The van der Waals surface area contributed by atoms with Crippen molar-refractivity contribution < 1.29 is 0 Å². The molecule has 0 bridgehead atoms. The summed E-state index contributed by atoms with van der Waals surface area (Å²) in [4.78, 5) is 10.6. The van der Waals surface area contributed by atoms with E-state index in [2.05, 4.69) is 101 Å². The smallest absolute Gasteiger partial charge is 0.0665 e. The Morgan fingerprint density at radius 1 is 0.500 bits per heavy atom. The summed E-state index contributed by atoms with van der Waals surface area (Å²) in [6, 6.07) is 17.5. The molecule has 0 aliphatic carbocycles. The predicted molar refractivity (Wildman–Crippen MR) is 189 cm³/mol. The van der Waals surface area contributed by atoms with E-state index in [1.54, 1.807) is 0 Å². The maximum absolute atomic E-state index is 5.32. The molecule has 0 fully saturated rings. The first-order chi connectivity index (χ1) is 20.7. The lowest BCUT2D eigenvalue weighted by atomic mass is 10.0. The molecule has 42 heavy (non-hydrogen) atoms. The van der Waals surface area contributed by atoms with Gasteiger partial charge in [0.15, 0.2) is 0 Å². The van der Waals surface area contributed by atoms with Crippen LogP contribution < -0.4 is 0 Å². The number of aryl methyl sites for hydroxylation is 2. The van der Waals surface area contributed by atoms with Gasteiger partial charge in [0, 0.05) is 0 Å². The molecule has 0 unspecified atom stereocenters. The van der Waals surface area contributed by atoms with Crippen LogP contribution in [0, 0.1) is 0 Å². The molecule has 230 valence electrons. The van der Waals surface area contributed by atoms with Crippen LogP contribution in [-0.2, 0) is 12.8 Å². The first-order valence-electron chi connectivity index (χ1n) is 17.3. The number of allylic oxidation sites excluding steroid dienone is 4. The Labute approximate surface area is 259 Å². The van der Waals surface area contributed by atoms with Crippen LogP contribution in [0.15, 0.2) is 82.8 Å². The van der Waals surface area contributed by atoms with Crippen molar-refractivity contribution in [3.8, 4) is 0 Å². The Hall–Kier alpha value is -2.74. The van der Waals surface area contributed by atoms with Crippen molar-refractivity contribution in [2.75, 3.05) is 0 Å². The SMILES string of the molecule is CCCCCC=CCCCc1ccccc1N=C(CC)C(CCCC)=Nc1ccccc1CCCC=CCCCCC. The average Bonchev–Trinajstić information content (AvgIpc) is 3.02. The van der Waals surface area contributed by atoms with E-state index in [9.17, 15) is 0 Å². The number of aliphatic imine (C=N–C) groups is 2. The normalized spacial score (nSPS) is 12.7. The van der Waals surface area contributed by atoms with Gasteiger partial charge in [0.05, 0.1) is 22.8 Å². The first-order valence-corrected chi connectivity index (χ1v) is 17.3. The summed E-state index contributed by atoms with van der Waals surface area (Å²) in [7, 11) is 0. The van der Waals surface area contributed by atoms with Crippen molar-refractivity contribution in [1.29, 1.82) is 0 Å². The van der Waals surface area contributed by atoms with Gasteiger partial charge in [-0.3, -0.25) is 9.98 Å². The zero-order chi connectivity index (χ0) is 30.1. The Kier molecular flexibility index (Phi) is 20.1. The van der Waals surface area contributed by atoms with E-state index in [0.717, 1.165) is 87.0 Å². The monoisotopic (exact) mass is 568 g/mol. The van der Waals surface area contributed by atoms with E-state index in [0.29, 0.717) is 0 Å². The highest BCUT2D eigenvalue weighted by Crippen LogP contribution is 2.25. The molecule has 0 amide bonds. The van der Waals surface area contributed by atoms with Gasteiger partial charge in [-0.05, 0) is 107 Å². The Morgan fingerprint density at radius 3 is 1.38 bits per heavy atom. The first kappa shape index (κ1) is 35.5. The quantitative estimate of drug-likeness (QED) is 0.0723. The van der Waals surface area contributed by atoms with Gasteiger partial charge in [0.25, 0.3) is 0 Å². The second kappa shape index (κ2) is 23.8. The minimum absolute atomic E-state index is 0.891. The van der Waals surface area contributed by atoms with Crippen LogP contribution in [0.2, 0.25) is 0 Å². The van der Waals surface area contributed by atoms with Crippen molar-refractivity contribution in [3.05, 3.63) is 84.0 Å². The highest BCUT2D eigenvalue weighted by Gasteiger charge is 2.11. The minimum Gasteiger partial charge on any atom is -0.251 e. The Morgan fingerprint density at radius 2 is 0.929 bits per heavy atom. The molecule has 0 saturated heterocycles. The molecule has 2 rings (SSSR count). The summed E-state index contributed by atoms with van der Waals surface area (Å²) in [5.74, 6) is 0. The van der Waals surface area contributed by atoms with Gasteiger partial charge in [-0.25, -0.2) is 0 Å². The van der Waals surface area contributed by atoms with Crippen LogP contribution in [0.4, 0.5) is 11.4 Å². The summed E-state index contributed by atoms with van der Waals surface area (Å²) in [5, 5.41) is 0. The summed E-state index contributed by atoms with van der Waals surface area (Å²) >= 11 is 0. The van der Waals surface area contributed by atoms with Crippen LogP contribution in [0.25, 0.3) is 0 Å². The van der Waals surface area contributed by atoms with E-state index in [-0.39, 0.29) is 0 Å². The third-order valence-corrected chi connectivity index (χ3v) is 7.85. The van der Waals surface area contributed by atoms with E-state index < -0.39 is 0 Å². The van der Waals surface area contributed by atoms with Crippen molar-refractivity contribution >= 4 is 22.8 Å². The van der Waals surface area contributed by atoms with Gasteiger partial charge in [-0.1, -0.05) is 121 Å². The molecular formula is C40H60N2. The number of benzene rings is 2. The van der Waals surface area contributed by atoms with Crippen LogP contribution in [0.1, 0.15) is 142 Å². The third kappa shape index (κ3) is 14.9. The number of unbranched alkanes of at least 4 members (excludes halogenated alkanes) is 9. The number of para-hydroxylation sites is 2. The standard InChI is InChI=1S/C40H60N2/c1-5-9-12-14-16-18-20-22-28-35-30-24-26-33-38(35)41-37(8-4)40(32-11-7-3)42-39-34-27-25-31-36(39)29-23-21-19-17-15-13-10-6-2/h16-19,24-27,30-31,33-34H,5-15,20-23,28-29,32H2,1-4H3. The summed E-state index contributed by atoms with van der Waals surface area (Å²) in [6.45, 7) is 9.02. The summed E-state index contributed by atoms with van der Waals surface area (Å²) in [5.41, 5.74) is 7.23. The van der Waals surface area contributed by atoms with E-state index >= 15 is 0 Å². The maximum atomic E-state index is 5.32. The molecule has 0 spiro atoms. The zero-order valence-electron chi connectivity index (χ0n) is 27.6.